The van der Waals surface area contributed by atoms with Crippen molar-refractivity contribution in [2.45, 2.75) is 13.8 Å². The maximum Gasteiger partial charge on any atom is 0.339 e. The van der Waals surface area contributed by atoms with Crippen molar-refractivity contribution in [2.24, 2.45) is 0 Å². The predicted molar refractivity (Wildman–Crippen MR) is 74.8 cm³/mol. The van der Waals surface area contributed by atoms with Crippen LogP contribution in [0.2, 0.25) is 0 Å². The fourth-order valence-corrected chi connectivity index (χ4v) is 2.39. The lowest BCUT2D eigenvalue weighted by molar-refractivity contribution is 0.0695. The van der Waals surface area contributed by atoms with E-state index >= 15 is 0 Å². The number of carboxylic acids is 1. The Morgan fingerprint density at radius 2 is 2.00 bits per heavy atom. The van der Waals surface area contributed by atoms with Crippen molar-refractivity contribution in [2.75, 3.05) is 0 Å². The molecule has 0 unspecified atom stereocenters. The Morgan fingerprint density at radius 3 is 2.67 bits per heavy atom. The molecular weight excluding hydrogens is 273 g/mol. The molecule has 0 atom stereocenters. The van der Waals surface area contributed by atoms with Gasteiger partial charge in [-0.05, 0) is 19.9 Å². The SMILES string of the molecule is Cc1nn2c(C)c(C(=O)O)cnc2c1-c1ccccc1F. The molecular formula is C15H12FN3O2. The van der Waals surface area contributed by atoms with Crippen LogP contribution in [0.4, 0.5) is 4.39 Å². The minimum Gasteiger partial charge on any atom is -0.478 e. The first-order valence-electron chi connectivity index (χ1n) is 6.34. The van der Waals surface area contributed by atoms with Crippen LogP contribution < -0.4 is 0 Å². The van der Waals surface area contributed by atoms with E-state index in [1.807, 2.05) is 0 Å². The highest BCUT2D eigenvalue weighted by Gasteiger charge is 2.19. The van der Waals surface area contributed by atoms with Gasteiger partial charge in [0.1, 0.15) is 5.82 Å². The Hall–Kier alpha value is -2.76. The summed E-state index contributed by atoms with van der Waals surface area (Å²) in [5.41, 5.74) is 2.55. The fraction of sp³-hybridized carbons (Fsp3) is 0.133. The van der Waals surface area contributed by atoms with Crippen molar-refractivity contribution < 1.29 is 14.3 Å². The minimum atomic E-state index is -1.07. The number of hydrogen-bond acceptors (Lipinski definition) is 3. The first-order chi connectivity index (χ1) is 10.0. The van der Waals surface area contributed by atoms with Crippen LogP contribution in [0.5, 0.6) is 0 Å². The average Bonchev–Trinajstić information content (AvgIpc) is 2.77. The fourth-order valence-electron chi connectivity index (χ4n) is 2.39. The molecule has 2 aromatic heterocycles. The van der Waals surface area contributed by atoms with E-state index in [0.717, 1.165) is 0 Å². The second-order valence-corrected chi connectivity index (χ2v) is 4.74. The lowest BCUT2D eigenvalue weighted by Gasteiger charge is -2.04. The van der Waals surface area contributed by atoms with E-state index in [1.165, 1.54) is 16.8 Å². The van der Waals surface area contributed by atoms with Gasteiger partial charge >= 0.3 is 5.97 Å². The van der Waals surface area contributed by atoms with E-state index in [-0.39, 0.29) is 11.4 Å². The Bertz CT molecular complexity index is 871. The molecule has 0 aliphatic rings. The third-order valence-electron chi connectivity index (χ3n) is 3.43. The smallest absolute Gasteiger partial charge is 0.339 e. The number of carboxylic acid groups (broad SMARTS) is 1. The molecule has 0 radical (unpaired) electrons. The van der Waals surface area contributed by atoms with Gasteiger partial charge < -0.3 is 5.11 Å². The van der Waals surface area contributed by atoms with Gasteiger partial charge in [0.25, 0.3) is 0 Å². The molecule has 2 heterocycles. The van der Waals surface area contributed by atoms with Crippen LogP contribution in [0.3, 0.4) is 0 Å². The van der Waals surface area contributed by atoms with Crippen molar-refractivity contribution in [1.82, 2.24) is 14.6 Å². The van der Waals surface area contributed by atoms with Crippen LogP contribution in [-0.4, -0.2) is 25.7 Å². The Balaban J connectivity index is 2.36. The maximum absolute atomic E-state index is 14.0. The van der Waals surface area contributed by atoms with Crippen molar-refractivity contribution in [1.29, 1.82) is 0 Å². The molecule has 0 fully saturated rings. The number of aryl methyl sites for hydroxylation is 2. The van der Waals surface area contributed by atoms with E-state index in [1.54, 1.807) is 32.0 Å². The van der Waals surface area contributed by atoms with Crippen LogP contribution in [-0.2, 0) is 0 Å². The Kier molecular flexibility index (Phi) is 2.94. The van der Waals surface area contributed by atoms with Gasteiger partial charge in [0.2, 0.25) is 0 Å². The zero-order valence-corrected chi connectivity index (χ0v) is 11.5. The van der Waals surface area contributed by atoms with Gasteiger partial charge in [0, 0.05) is 11.8 Å². The van der Waals surface area contributed by atoms with Crippen LogP contribution in [0.25, 0.3) is 16.8 Å². The Morgan fingerprint density at radius 1 is 1.29 bits per heavy atom. The zero-order chi connectivity index (χ0) is 15.1. The number of rotatable bonds is 2. The molecule has 0 saturated carbocycles. The van der Waals surface area contributed by atoms with E-state index < -0.39 is 5.97 Å². The summed E-state index contributed by atoms with van der Waals surface area (Å²) in [5, 5.41) is 13.4. The van der Waals surface area contributed by atoms with Gasteiger partial charge in [0.15, 0.2) is 5.65 Å². The molecule has 0 aliphatic heterocycles. The number of nitrogens with zero attached hydrogens (tertiary/aromatic N) is 3. The average molecular weight is 285 g/mol. The third kappa shape index (κ3) is 1.96. The summed E-state index contributed by atoms with van der Waals surface area (Å²) < 4.78 is 15.5. The standard InChI is InChI=1S/C15H12FN3O2/c1-8-13(10-5-3-4-6-12(10)16)14-17-7-11(15(20)21)9(2)19(14)18-8/h3-7H,1-2H3,(H,20,21). The molecule has 0 saturated heterocycles. The summed E-state index contributed by atoms with van der Waals surface area (Å²) in [6, 6.07) is 6.37. The second kappa shape index (κ2) is 4.66. The summed E-state index contributed by atoms with van der Waals surface area (Å²) in [7, 11) is 0. The summed E-state index contributed by atoms with van der Waals surface area (Å²) in [4.78, 5) is 15.3. The second-order valence-electron chi connectivity index (χ2n) is 4.74. The molecule has 6 heteroatoms. The van der Waals surface area contributed by atoms with Crippen LogP contribution in [0, 0.1) is 19.7 Å². The van der Waals surface area contributed by atoms with Gasteiger partial charge in [-0.1, -0.05) is 18.2 Å². The van der Waals surface area contributed by atoms with Crippen LogP contribution >= 0.6 is 0 Å². The van der Waals surface area contributed by atoms with E-state index in [0.29, 0.717) is 28.2 Å². The summed E-state index contributed by atoms with van der Waals surface area (Å²) >= 11 is 0. The molecule has 0 aliphatic carbocycles. The molecule has 0 spiro atoms. The lowest BCUT2D eigenvalue weighted by Crippen LogP contribution is -2.07. The number of benzene rings is 1. The molecule has 3 rings (SSSR count). The summed E-state index contributed by atoms with van der Waals surface area (Å²) in [5.74, 6) is -1.43. The van der Waals surface area contributed by atoms with Crippen LogP contribution in [0.15, 0.2) is 30.5 Å². The van der Waals surface area contributed by atoms with Crippen molar-refractivity contribution in [3.8, 4) is 11.1 Å². The third-order valence-corrected chi connectivity index (χ3v) is 3.43. The molecule has 0 amide bonds. The number of fused-ring (bicyclic) bond motifs is 1. The predicted octanol–water partition coefficient (Wildman–Crippen LogP) is 2.85. The number of aromatic carboxylic acids is 1. The number of hydrogen-bond donors (Lipinski definition) is 1. The molecule has 5 nitrogen and oxygen atoms in total. The number of aromatic nitrogens is 3. The minimum absolute atomic E-state index is 0.0742. The largest absolute Gasteiger partial charge is 0.478 e. The Labute approximate surface area is 119 Å². The highest BCUT2D eigenvalue weighted by Crippen LogP contribution is 2.30. The van der Waals surface area contributed by atoms with Crippen molar-refractivity contribution in [3.63, 3.8) is 0 Å². The van der Waals surface area contributed by atoms with Crippen molar-refractivity contribution >= 4 is 11.6 Å². The number of halogens is 1. The molecule has 1 aromatic carbocycles. The van der Waals surface area contributed by atoms with Gasteiger partial charge in [-0.3, -0.25) is 0 Å². The van der Waals surface area contributed by atoms with Crippen molar-refractivity contribution in [3.05, 3.63) is 53.2 Å². The number of carbonyl (C=O) groups is 1. The first-order valence-corrected chi connectivity index (χ1v) is 6.34. The molecule has 21 heavy (non-hydrogen) atoms. The van der Waals surface area contributed by atoms with Crippen LogP contribution in [0.1, 0.15) is 21.7 Å². The van der Waals surface area contributed by atoms with Gasteiger partial charge in [-0.25, -0.2) is 18.7 Å². The monoisotopic (exact) mass is 285 g/mol. The normalized spacial score (nSPS) is 11.0. The highest BCUT2D eigenvalue weighted by atomic mass is 19.1. The summed E-state index contributed by atoms with van der Waals surface area (Å²) in [6.45, 7) is 3.39. The van der Waals surface area contributed by atoms with Gasteiger partial charge in [-0.15, -0.1) is 0 Å². The molecule has 106 valence electrons. The van der Waals surface area contributed by atoms with E-state index in [9.17, 15) is 9.18 Å². The zero-order valence-electron chi connectivity index (χ0n) is 11.5. The topological polar surface area (TPSA) is 67.5 Å². The first kappa shape index (κ1) is 13.2. The highest BCUT2D eigenvalue weighted by molar-refractivity contribution is 5.89. The molecule has 3 aromatic rings. The molecule has 0 bridgehead atoms. The maximum atomic E-state index is 14.0. The van der Waals surface area contributed by atoms with E-state index in [2.05, 4.69) is 10.1 Å². The van der Waals surface area contributed by atoms with Gasteiger partial charge in [0.05, 0.1) is 22.5 Å². The lowest BCUT2D eigenvalue weighted by atomic mass is 10.1. The van der Waals surface area contributed by atoms with Gasteiger partial charge in [-0.2, -0.15) is 5.10 Å². The summed E-state index contributed by atoms with van der Waals surface area (Å²) in [6.07, 6.45) is 1.28. The van der Waals surface area contributed by atoms with E-state index in [4.69, 9.17) is 5.11 Å². The quantitative estimate of drug-likeness (QED) is 0.786. The molecule has 1 N–H and O–H groups in total.